The smallest absolute Gasteiger partial charge is 0.174 e. The molecule has 0 amide bonds. The van der Waals surface area contributed by atoms with Gasteiger partial charge in [-0.1, -0.05) is 12.8 Å². The number of nitriles is 1. The molecule has 0 radical (unpaired) electrons. The molecule has 4 aromatic rings. The van der Waals surface area contributed by atoms with Crippen molar-refractivity contribution in [2.24, 2.45) is 11.8 Å². The highest BCUT2D eigenvalue weighted by atomic mass is 19.1. The lowest BCUT2D eigenvalue weighted by atomic mass is 9.68. The lowest BCUT2D eigenvalue weighted by molar-refractivity contribution is 0.157. The Labute approximate surface area is 199 Å². The number of anilines is 1. The van der Waals surface area contributed by atoms with Gasteiger partial charge in [0.05, 0.1) is 16.8 Å². The van der Waals surface area contributed by atoms with Crippen molar-refractivity contribution in [3.05, 3.63) is 60.1 Å². The van der Waals surface area contributed by atoms with E-state index in [2.05, 4.69) is 31.3 Å². The van der Waals surface area contributed by atoms with Crippen molar-refractivity contribution in [3.8, 4) is 28.5 Å². The van der Waals surface area contributed by atoms with Gasteiger partial charge in [0.2, 0.25) is 0 Å². The zero-order chi connectivity index (χ0) is 24.1. The van der Waals surface area contributed by atoms with Crippen molar-refractivity contribution < 1.29 is 13.2 Å². The van der Waals surface area contributed by atoms with Crippen LogP contribution in [0, 0.1) is 40.6 Å². The van der Waals surface area contributed by atoms with Crippen LogP contribution in [0.15, 0.2) is 37.1 Å². The van der Waals surface area contributed by atoms with Crippen molar-refractivity contribution >= 4 is 16.7 Å². The number of H-pyrrole nitrogens is 1. The molecule has 9 heteroatoms. The van der Waals surface area contributed by atoms with E-state index in [0.29, 0.717) is 23.0 Å². The highest BCUT2D eigenvalue weighted by molar-refractivity contribution is 5.98. The van der Waals surface area contributed by atoms with Gasteiger partial charge in [-0.15, -0.1) is 0 Å². The minimum atomic E-state index is -0.764. The van der Waals surface area contributed by atoms with Crippen LogP contribution in [0.3, 0.4) is 0 Å². The number of nitrogens with zero attached hydrogens (tertiary/aromatic N) is 4. The van der Waals surface area contributed by atoms with Crippen LogP contribution in [0.4, 0.5) is 19.0 Å². The molecule has 3 aliphatic rings. The lowest BCUT2D eigenvalue weighted by Crippen LogP contribution is -2.40. The monoisotopic (exact) mass is 474 g/mol. The van der Waals surface area contributed by atoms with E-state index in [1.54, 1.807) is 0 Å². The summed E-state index contributed by atoms with van der Waals surface area (Å²) in [6, 6.07) is 4.09. The number of aromatic nitrogens is 4. The summed E-state index contributed by atoms with van der Waals surface area (Å²) in [5.74, 6) is -1.13. The number of nitrogens with one attached hydrogen (secondary N) is 2. The summed E-state index contributed by atoms with van der Waals surface area (Å²) in [6.07, 6.45) is 11.1. The summed E-state index contributed by atoms with van der Waals surface area (Å²) in [5, 5.41) is 13.6. The molecule has 3 aliphatic carbocycles. The van der Waals surface area contributed by atoms with Crippen molar-refractivity contribution in [2.45, 2.75) is 38.1 Å². The summed E-state index contributed by atoms with van der Waals surface area (Å²) >= 11 is 0. The molecule has 0 spiro atoms. The molecule has 7 rings (SSSR count). The van der Waals surface area contributed by atoms with Crippen LogP contribution in [0.25, 0.3) is 33.3 Å². The fourth-order valence-corrected chi connectivity index (χ4v) is 5.74. The Kier molecular flexibility index (Phi) is 5.17. The average Bonchev–Trinajstić information content (AvgIpc) is 3.30. The first-order chi connectivity index (χ1) is 17.0. The SMILES string of the molecule is N#Cc1c(-c2c[nH]c3c(F)cc(F)cc23)nc(NC2CC3CCC2CC3)c(F)c1-c1cncnc1. The number of hydrogen-bond acceptors (Lipinski definition) is 5. The van der Waals surface area contributed by atoms with Crippen LogP contribution in [-0.4, -0.2) is 26.0 Å². The van der Waals surface area contributed by atoms with Gasteiger partial charge in [0.15, 0.2) is 11.6 Å². The Balaban J connectivity index is 1.57. The predicted molar refractivity (Wildman–Crippen MR) is 125 cm³/mol. The van der Waals surface area contributed by atoms with E-state index in [4.69, 9.17) is 0 Å². The molecule has 3 saturated carbocycles. The predicted octanol–water partition coefficient (Wildman–Crippen LogP) is 5.97. The first-order valence-electron chi connectivity index (χ1n) is 11.7. The summed E-state index contributed by atoms with van der Waals surface area (Å²) in [5.41, 5.74) is 0.788. The van der Waals surface area contributed by atoms with E-state index < -0.39 is 17.5 Å². The maximum Gasteiger partial charge on any atom is 0.174 e. The van der Waals surface area contributed by atoms with Crippen molar-refractivity contribution in [1.82, 2.24) is 19.9 Å². The molecule has 3 aromatic heterocycles. The molecule has 176 valence electrons. The molecule has 0 aliphatic heterocycles. The van der Waals surface area contributed by atoms with Crippen molar-refractivity contribution in [2.75, 3.05) is 5.32 Å². The largest absolute Gasteiger partial charge is 0.365 e. The van der Waals surface area contributed by atoms with Gasteiger partial charge in [-0.05, 0) is 37.2 Å². The van der Waals surface area contributed by atoms with Crippen LogP contribution in [0.5, 0.6) is 0 Å². The van der Waals surface area contributed by atoms with E-state index in [-0.39, 0.29) is 39.6 Å². The van der Waals surface area contributed by atoms with Crippen LogP contribution in [0.2, 0.25) is 0 Å². The molecule has 1 atom stereocenters. The van der Waals surface area contributed by atoms with Gasteiger partial charge >= 0.3 is 0 Å². The molecular weight excluding hydrogens is 453 g/mol. The molecule has 2 bridgehead atoms. The first-order valence-corrected chi connectivity index (χ1v) is 11.7. The van der Waals surface area contributed by atoms with E-state index in [9.17, 15) is 14.0 Å². The Morgan fingerprint density at radius 2 is 1.83 bits per heavy atom. The van der Waals surface area contributed by atoms with E-state index in [1.807, 2.05) is 0 Å². The number of hydrogen-bond donors (Lipinski definition) is 2. The van der Waals surface area contributed by atoms with Crippen molar-refractivity contribution in [1.29, 1.82) is 5.26 Å². The Morgan fingerprint density at radius 1 is 1.06 bits per heavy atom. The highest BCUT2D eigenvalue weighted by Crippen LogP contribution is 2.44. The Morgan fingerprint density at radius 3 is 2.51 bits per heavy atom. The number of aromatic amines is 1. The molecule has 1 aromatic carbocycles. The summed E-state index contributed by atoms with van der Waals surface area (Å²) in [4.78, 5) is 15.3. The topological polar surface area (TPSA) is 90.3 Å². The minimum absolute atomic E-state index is 0.00722. The summed E-state index contributed by atoms with van der Waals surface area (Å²) < 4.78 is 44.5. The van der Waals surface area contributed by atoms with Gasteiger partial charge in [0, 0.05) is 52.8 Å². The Hall–Kier alpha value is -3.93. The zero-order valence-corrected chi connectivity index (χ0v) is 18.7. The molecule has 3 heterocycles. The van der Waals surface area contributed by atoms with Crippen molar-refractivity contribution in [3.63, 3.8) is 0 Å². The lowest BCUT2D eigenvalue weighted by Gasteiger charge is -2.42. The number of rotatable bonds is 4. The second-order valence-electron chi connectivity index (χ2n) is 9.39. The van der Waals surface area contributed by atoms with Gasteiger partial charge in [0.25, 0.3) is 0 Å². The van der Waals surface area contributed by atoms with E-state index >= 15 is 4.39 Å². The molecule has 3 fully saturated rings. The molecular formula is C26H21F3N6. The molecule has 1 unspecified atom stereocenters. The number of benzene rings is 1. The third-order valence-electron chi connectivity index (χ3n) is 7.43. The molecule has 2 N–H and O–H groups in total. The minimum Gasteiger partial charge on any atom is -0.365 e. The van der Waals surface area contributed by atoms with Crippen LogP contribution in [-0.2, 0) is 0 Å². The van der Waals surface area contributed by atoms with Crippen LogP contribution < -0.4 is 5.32 Å². The number of fused-ring (bicyclic) bond motifs is 4. The van der Waals surface area contributed by atoms with Gasteiger partial charge < -0.3 is 10.3 Å². The van der Waals surface area contributed by atoms with Crippen LogP contribution >= 0.6 is 0 Å². The molecule has 35 heavy (non-hydrogen) atoms. The molecule has 0 saturated heterocycles. The normalized spacial score (nSPS) is 21.3. The molecule has 6 nitrogen and oxygen atoms in total. The van der Waals surface area contributed by atoms with Gasteiger partial charge in [-0.3, -0.25) is 0 Å². The van der Waals surface area contributed by atoms with Gasteiger partial charge in [-0.25, -0.2) is 28.1 Å². The number of halogens is 3. The zero-order valence-electron chi connectivity index (χ0n) is 18.7. The standard InChI is InChI=1S/C26H21F3N6/c27-16-6-17-19(11-33-25(17)20(28)7-16)24-18(8-30)22(15-9-31-12-32-10-15)23(29)26(35-24)34-21-5-13-1-3-14(21)4-2-13/h6-7,9-14,21,33H,1-5H2,(H,34,35). The second kappa shape index (κ2) is 8.38. The Bertz CT molecular complexity index is 1470. The van der Waals surface area contributed by atoms with Crippen LogP contribution in [0.1, 0.15) is 37.7 Å². The summed E-state index contributed by atoms with van der Waals surface area (Å²) in [7, 11) is 0. The second-order valence-corrected chi connectivity index (χ2v) is 9.39. The maximum atomic E-state index is 16.0. The fourth-order valence-electron chi connectivity index (χ4n) is 5.74. The van der Waals surface area contributed by atoms with Gasteiger partial charge in [-0.2, -0.15) is 5.26 Å². The summed E-state index contributed by atoms with van der Waals surface area (Å²) in [6.45, 7) is 0. The average molecular weight is 474 g/mol. The van der Waals surface area contributed by atoms with Gasteiger partial charge in [0.1, 0.15) is 24.0 Å². The third kappa shape index (κ3) is 3.60. The third-order valence-corrected chi connectivity index (χ3v) is 7.43. The first kappa shape index (κ1) is 21.6. The fraction of sp³-hybridized carbons (Fsp3) is 0.308. The number of pyridine rings is 1. The van der Waals surface area contributed by atoms with E-state index in [1.165, 1.54) is 43.8 Å². The quantitative estimate of drug-likeness (QED) is 0.381. The maximum absolute atomic E-state index is 16.0. The highest BCUT2D eigenvalue weighted by Gasteiger charge is 2.36. The van der Waals surface area contributed by atoms with E-state index in [0.717, 1.165) is 25.3 Å².